The molecule has 3 rings (SSSR count). The SMILES string of the molecule is O=C(O)C1CNC(c2cc3c(cc2O)OCCCO3)C1. The van der Waals surface area contributed by atoms with Crippen molar-refractivity contribution in [2.45, 2.75) is 18.9 Å². The molecule has 2 heterocycles. The van der Waals surface area contributed by atoms with Gasteiger partial charge in [0.25, 0.3) is 0 Å². The van der Waals surface area contributed by atoms with Crippen molar-refractivity contribution in [1.29, 1.82) is 0 Å². The van der Waals surface area contributed by atoms with Crippen molar-refractivity contribution in [2.24, 2.45) is 5.92 Å². The van der Waals surface area contributed by atoms with E-state index in [9.17, 15) is 9.90 Å². The van der Waals surface area contributed by atoms with Gasteiger partial charge in [-0.15, -0.1) is 0 Å². The summed E-state index contributed by atoms with van der Waals surface area (Å²) in [4.78, 5) is 11.0. The molecule has 1 aromatic carbocycles. The van der Waals surface area contributed by atoms with Crippen LogP contribution in [-0.4, -0.2) is 35.9 Å². The van der Waals surface area contributed by atoms with Crippen molar-refractivity contribution >= 4 is 5.97 Å². The normalized spacial score (nSPS) is 25.2. The molecule has 3 N–H and O–H groups in total. The fraction of sp³-hybridized carbons (Fsp3) is 0.500. The average molecular weight is 279 g/mol. The summed E-state index contributed by atoms with van der Waals surface area (Å²) in [7, 11) is 0. The second kappa shape index (κ2) is 5.20. The average Bonchev–Trinajstić information content (AvgIpc) is 2.79. The Balaban J connectivity index is 1.87. The third-order valence-corrected chi connectivity index (χ3v) is 3.75. The maximum Gasteiger partial charge on any atom is 0.307 e. The number of rotatable bonds is 2. The molecule has 1 saturated heterocycles. The Morgan fingerprint density at radius 1 is 1.25 bits per heavy atom. The first-order chi connectivity index (χ1) is 9.65. The number of carboxylic acid groups (broad SMARTS) is 1. The number of hydrogen-bond acceptors (Lipinski definition) is 5. The lowest BCUT2D eigenvalue weighted by Gasteiger charge is -2.16. The molecule has 1 aromatic rings. The number of nitrogens with one attached hydrogen (secondary N) is 1. The van der Waals surface area contributed by atoms with Crippen LogP contribution in [0.25, 0.3) is 0 Å². The molecule has 0 aromatic heterocycles. The van der Waals surface area contributed by atoms with Crippen LogP contribution < -0.4 is 14.8 Å². The first kappa shape index (κ1) is 13.1. The van der Waals surface area contributed by atoms with Crippen molar-refractivity contribution in [3.05, 3.63) is 17.7 Å². The third-order valence-electron chi connectivity index (χ3n) is 3.75. The fourth-order valence-electron chi connectivity index (χ4n) is 2.65. The zero-order chi connectivity index (χ0) is 14.1. The summed E-state index contributed by atoms with van der Waals surface area (Å²) in [5, 5.41) is 22.3. The summed E-state index contributed by atoms with van der Waals surface area (Å²) in [6, 6.07) is 3.12. The van der Waals surface area contributed by atoms with Gasteiger partial charge in [-0.1, -0.05) is 0 Å². The van der Waals surface area contributed by atoms with Crippen LogP contribution in [0, 0.1) is 5.92 Å². The van der Waals surface area contributed by atoms with Crippen LogP contribution in [-0.2, 0) is 4.79 Å². The van der Waals surface area contributed by atoms with Crippen molar-refractivity contribution in [3.8, 4) is 17.2 Å². The summed E-state index contributed by atoms with van der Waals surface area (Å²) >= 11 is 0. The van der Waals surface area contributed by atoms with Gasteiger partial charge in [-0.05, 0) is 12.5 Å². The lowest BCUT2D eigenvalue weighted by Crippen LogP contribution is -2.17. The lowest BCUT2D eigenvalue weighted by molar-refractivity contribution is -0.141. The molecule has 20 heavy (non-hydrogen) atoms. The van der Waals surface area contributed by atoms with E-state index in [0.29, 0.717) is 43.2 Å². The summed E-state index contributed by atoms with van der Waals surface area (Å²) in [6.45, 7) is 1.55. The molecular formula is C14H17NO5. The van der Waals surface area contributed by atoms with Gasteiger partial charge in [0, 0.05) is 30.6 Å². The first-order valence-corrected chi connectivity index (χ1v) is 6.74. The van der Waals surface area contributed by atoms with Gasteiger partial charge in [0.2, 0.25) is 0 Å². The molecule has 2 atom stereocenters. The fourth-order valence-corrected chi connectivity index (χ4v) is 2.65. The molecule has 1 fully saturated rings. The quantitative estimate of drug-likeness (QED) is 0.756. The zero-order valence-corrected chi connectivity index (χ0v) is 11.0. The Hall–Kier alpha value is -1.95. The van der Waals surface area contributed by atoms with E-state index in [0.717, 1.165) is 6.42 Å². The Morgan fingerprint density at radius 3 is 2.60 bits per heavy atom. The van der Waals surface area contributed by atoms with Gasteiger partial charge < -0.3 is 25.0 Å². The minimum absolute atomic E-state index is 0.109. The molecule has 0 bridgehead atoms. The van der Waals surface area contributed by atoms with E-state index in [-0.39, 0.29) is 11.8 Å². The summed E-state index contributed by atoms with van der Waals surface area (Å²) in [5.41, 5.74) is 0.665. The summed E-state index contributed by atoms with van der Waals surface area (Å²) in [5.74, 6) is 0.0226. The molecule has 0 saturated carbocycles. The highest BCUT2D eigenvalue weighted by Crippen LogP contribution is 2.41. The highest BCUT2D eigenvalue weighted by molar-refractivity contribution is 5.71. The monoisotopic (exact) mass is 279 g/mol. The minimum Gasteiger partial charge on any atom is -0.507 e. The van der Waals surface area contributed by atoms with Crippen LogP contribution in [0.1, 0.15) is 24.4 Å². The Labute approximate surface area is 116 Å². The predicted octanol–water partition coefficient (Wildman–Crippen LogP) is 1.29. The van der Waals surface area contributed by atoms with Gasteiger partial charge in [-0.3, -0.25) is 4.79 Å². The van der Waals surface area contributed by atoms with Crippen molar-refractivity contribution in [2.75, 3.05) is 19.8 Å². The standard InChI is InChI=1S/C14H17NO5/c16-11-6-13-12(19-2-1-3-20-13)5-9(11)10-4-8(7-15-10)14(17)18/h5-6,8,10,15-16H,1-4,7H2,(H,17,18). The lowest BCUT2D eigenvalue weighted by atomic mass is 9.99. The summed E-state index contributed by atoms with van der Waals surface area (Å²) < 4.78 is 11.1. The van der Waals surface area contributed by atoms with E-state index in [1.165, 1.54) is 0 Å². The molecule has 108 valence electrons. The van der Waals surface area contributed by atoms with Gasteiger partial charge in [0.1, 0.15) is 5.75 Å². The van der Waals surface area contributed by atoms with E-state index < -0.39 is 11.9 Å². The molecule has 2 unspecified atom stereocenters. The zero-order valence-electron chi connectivity index (χ0n) is 11.0. The van der Waals surface area contributed by atoms with E-state index in [4.69, 9.17) is 14.6 Å². The molecule has 0 amide bonds. The van der Waals surface area contributed by atoms with E-state index in [1.807, 2.05) is 0 Å². The second-order valence-corrected chi connectivity index (χ2v) is 5.14. The summed E-state index contributed by atoms with van der Waals surface area (Å²) in [6.07, 6.45) is 1.26. The van der Waals surface area contributed by atoms with Crippen LogP contribution in [0.2, 0.25) is 0 Å². The molecular weight excluding hydrogens is 262 g/mol. The Kier molecular flexibility index (Phi) is 3.40. The van der Waals surface area contributed by atoms with Crippen molar-refractivity contribution in [1.82, 2.24) is 5.32 Å². The van der Waals surface area contributed by atoms with Crippen LogP contribution in [0.5, 0.6) is 17.2 Å². The van der Waals surface area contributed by atoms with Crippen LogP contribution >= 0.6 is 0 Å². The van der Waals surface area contributed by atoms with Crippen LogP contribution in [0.4, 0.5) is 0 Å². The molecule has 6 nitrogen and oxygen atoms in total. The number of benzene rings is 1. The van der Waals surface area contributed by atoms with Crippen LogP contribution in [0.3, 0.4) is 0 Å². The van der Waals surface area contributed by atoms with Crippen LogP contribution in [0.15, 0.2) is 12.1 Å². The first-order valence-electron chi connectivity index (χ1n) is 6.74. The number of hydrogen-bond donors (Lipinski definition) is 3. The molecule has 0 radical (unpaired) electrons. The van der Waals surface area contributed by atoms with Gasteiger partial charge >= 0.3 is 5.97 Å². The number of fused-ring (bicyclic) bond motifs is 1. The number of ether oxygens (including phenoxy) is 2. The molecule has 2 aliphatic heterocycles. The van der Waals surface area contributed by atoms with Gasteiger partial charge in [0.15, 0.2) is 11.5 Å². The number of aromatic hydroxyl groups is 1. The van der Waals surface area contributed by atoms with E-state index in [2.05, 4.69) is 5.32 Å². The van der Waals surface area contributed by atoms with Crippen molar-refractivity contribution < 1.29 is 24.5 Å². The second-order valence-electron chi connectivity index (χ2n) is 5.14. The topological polar surface area (TPSA) is 88.0 Å². The molecule has 6 heteroatoms. The number of phenols is 1. The molecule has 0 spiro atoms. The highest BCUT2D eigenvalue weighted by Gasteiger charge is 2.32. The van der Waals surface area contributed by atoms with Gasteiger partial charge in [-0.25, -0.2) is 0 Å². The largest absolute Gasteiger partial charge is 0.507 e. The maximum atomic E-state index is 11.0. The Morgan fingerprint density at radius 2 is 1.95 bits per heavy atom. The number of phenolic OH excluding ortho intramolecular Hbond substituents is 1. The van der Waals surface area contributed by atoms with E-state index >= 15 is 0 Å². The number of carboxylic acids is 1. The van der Waals surface area contributed by atoms with Gasteiger partial charge in [0.05, 0.1) is 19.1 Å². The highest BCUT2D eigenvalue weighted by atomic mass is 16.5. The third kappa shape index (κ3) is 2.38. The molecule has 0 aliphatic carbocycles. The number of carbonyl (C=O) groups is 1. The number of aliphatic carboxylic acids is 1. The Bertz CT molecular complexity index is 531. The predicted molar refractivity (Wildman–Crippen MR) is 70.2 cm³/mol. The minimum atomic E-state index is -0.811. The van der Waals surface area contributed by atoms with Gasteiger partial charge in [-0.2, -0.15) is 0 Å². The van der Waals surface area contributed by atoms with E-state index in [1.54, 1.807) is 12.1 Å². The van der Waals surface area contributed by atoms with Crippen molar-refractivity contribution in [3.63, 3.8) is 0 Å². The molecule has 2 aliphatic rings. The maximum absolute atomic E-state index is 11.0. The smallest absolute Gasteiger partial charge is 0.307 e.